The van der Waals surface area contributed by atoms with E-state index in [4.69, 9.17) is 5.73 Å². The molecular weight excluding hydrogens is 318 g/mol. The molecule has 0 saturated carbocycles. The molecule has 96 valence electrons. The van der Waals surface area contributed by atoms with E-state index in [0.29, 0.717) is 6.54 Å². The van der Waals surface area contributed by atoms with Crippen molar-refractivity contribution in [3.8, 4) is 0 Å². The maximum absolute atomic E-state index is 11.4. The van der Waals surface area contributed by atoms with Gasteiger partial charge in [-0.2, -0.15) is 5.10 Å². The third-order valence-electron chi connectivity index (χ3n) is 2.47. The van der Waals surface area contributed by atoms with Crippen molar-refractivity contribution in [2.45, 2.75) is 11.4 Å². The van der Waals surface area contributed by atoms with Crippen LogP contribution in [0.5, 0.6) is 0 Å². The predicted octanol–water partition coefficient (Wildman–Crippen LogP) is 1.68. The minimum Gasteiger partial charge on any atom is -0.383 e. The summed E-state index contributed by atoms with van der Waals surface area (Å²) in [5.74, 6) is 0.164. The fraction of sp³-hybridized carbons (Fsp3) is 0.182. The third kappa shape index (κ3) is 2.73. The molecular formula is C11H12BrN3O2S. The summed E-state index contributed by atoms with van der Waals surface area (Å²) in [7, 11) is -3.33. The molecule has 1 heterocycles. The second-order valence-corrected chi connectivity index (χ2v) is 6.85. The second kappa shape index (κ2) is 4.74. The van der Waals surface area contributed by atoms with Crippen LogP contribution in [0.15, 0.2) is 39.8 Å². The first-order valence-electron chi connectivity index (χ1n) is 5.13. The van der Waals surface area contributed by atoms with Gasteiger partial charge in [-0.25, -0.2) is 13.1 Å². The first-order valence-corrected chi connectivity index (χ1v) is 7.82. The van der Waals surface area contributed by atoms with Crippen LogP contribution in [0.25, 0.3) is 0 Å². The van der Waals surface area contributed by atoms with Crippen molar-refractivity contribution >= 4 is 31.6 Å². The van der Waals surface area contributed by atoms with Crippen molar-refractivity contribution in [3.63, 3.8) is 0 Å². The van der Waals surface area contributed by atoms with Crippen LogP contribution >= 0.6 is 15.9 Å². The van der Waals surface area contributed by atoms with E-state index in [1.807, 2.05) is 24.3 Å². The maximum atomic E-state index is 11.4. The SMILES string of the molecule is CS(=O)(=O)c1cnn(Cc2cccc(Br)c2)c1N. The van der Waals surface area contributed by atoms with E-state index >= 15 is 0 Å². The first kappa shape index (κ1) is 13.1. The molecule has 0 atom stereocenters. The van der Waals surface area contributed by atoms with Crippen LogP contribution in [0.1, 0.15) is 5.56 Å². The van der Waals surface area contributed by atoms with Crippen LogP contribution in [0.4, 0.5) is 5.82 Å². The van der Waals surface area contributed by atoms with Crippen LogP contribution in [-0.2, 0) is 16.4 Å². The quantitative estimate of drug-likeness (QED) is 0.929. The lowest BCUT2D eigenvalue weighted by Gasteiger charge is -2.05. The lowest BCUT2D eigenvalue weighted by Crippen LogP contribution is -2.08. The molecule has 7 heteroatoms. The van der Waals surface area contributed by atoms with Gasteiger partial charge < -0.3 is 5.73 Å². The van der Waals surface area contributed by atoms with Crippen LogP contribution in [0.3, 0.4) is 0 Å². The molecule has 0 fully saturated rings. The standard InChI is InChI=1S/C11H12BrN3O2S/c1-18(16,17)10-6-14-15(11(10)13)7-8-3-2-4-9(12)5-8/h2-6H,7,13H2,1H3. The number of nitrogens with two attached hydrogens (primary N) is 1. The summed E-state index contributed by atoms with van der Waals surface area (Å²) in [6.07, 6.45) is 2.40. The molecule has 0 radical (unpaired) electrons. The number of rotatable bonds is 3. The van der Waals surface area contributed by atoms with Gasteiger partial charge in [0.25, 0.3) is 0 Å². The summed E-state index contributed by atoms with van der Waals surface area (Å²) in [5, 5.41) is 4.00. The van der Waals surface area contributed by atoms with E-state index in [-0.39, 0.29) is 10.7 Å². The zero-order valence-corrected chi connectivity index (χ0v) is 12.1. The monoisotopic (exact) mass is 329 g/mol. The van der Waals surface area contributed by atoms with Crippen molar-refractivity contribution in [2.24, 2.45) is 0 Å². The molecule has 1 aromatic carbocycles. The summed E-state index contributed by atoms with van der Waals surface area (Å²) < 4.78 is 25.3. The molecule has 0 aliphatic carbocycles. The van der Waals surface area contributed by atoms with Gasteiger partial charge in [0.2, 0.25) is 0 Å². The van der Waals surface area contributed by atoms with E-state index in [1.165, 1.54) is 10.9 Å². The maximum Gasteiger partial charge on any atom is 0.180 e. The van der Waals surface area contributed by atoms with E-state index in [9.17, 15) is 8.42 Å². The largest absolute Gasteiger partial charge is 0.383 e. The van der Waals surface area contributed by atoms with Crippen molar-refractivity contribution in [1.29, 1.82) is 0 Å². The number of nitrogen functional groups attached to an aromatic ring is 1. The summed E-state index contributed by atoms with van der Waals surface area (Å²) in [4.78, 5) is 0.0671. The minimum absolute atomic E-state index is 0.0671. The van der Waals surface area contributed by atoms with Crippen LogP contribution in [0, 0.1) is 0 Å². The van der Waals surface area contributed by atoms with Gasteiger partial charge in [-0.05, 0) is 17.7 Å². The average Bonchev–Trinajstić information content (AvgIpc) is 2.60. The molecule has 2 N–H and O–H groups in total. The highest BCUT2D eigenvalue weighted by molar-refractivity contribution is 9.10. The van der Waals surface area contributed by atoms with Gasteiger partial charge in [0.1, 0.15) is 10.7 Å². The molecule has 0 spiro atoms. The molecule has 5 nitrogen and oxygen atoms in total. The molecule has 2 rings (SSSR count). The van der Waals surface area contributed by atoms with Crippen molar-refractivity contribution in [1.82, 2.24) is 9.78 Å². The Balaban J connectivity index is 2.34. The van der Waals surface area contributed by atoms with Crippen LogP contribution in [0.2, 0.25) is 0 Å². The first-order chi connectivity index (χ1) is 8.38. The summed E-state index contributed by atoms with van der Waals surface area (Å²) in [6.45, 7) is 0.431. The summed E-state index contributed by atoms with van der Waals surface area (Å²) in [5.41, 5.74) is 6.77. The van der Waals surface area contributed by atoms with E-state index < -0.39 is 9.84 Å². The smallest absolute Gasteiger partial charge is 0.180 e. The van der Waals surface area contributed by atoms with Crippen molar-refractivity contribution in [2.75, 3.05) is 12.0 Å². The number of nitrogens with zero attached hydrogens (tertiary/aromatic N) is 2. The predicted molar refractivity (Wildman–Crippen MR) is 73.0 cm³/mol. The molecule has 0 unspecified atom stereocenters. The Morgan fingerprint density at radius 1 is 1.44 bits per heavy atom. The van der Waals surface area contributed by atoms with Crippen molar-refractivity contribution < 1.29 is 8.42 Å². The lowest BCUT2D eigenvalue weighted by atomic mass is 10.2. The Morgan fingerprint density at radius 2 is 2.17 bits per heavy atom. The number of hydrogen-bond acceptors (Lipinski definition) is 4. The number of benzene rings is 1. The average molecular weight is 330 g/mol. The van der Waals surface area contributed by atoms with E-state index in [1.54, 1.807) is 0 Å². The lowest BCUT2D eigenvalue weighted by molar-refractivity contribution is 0.602. The van der Waals surface area contributed by atoms with Gasteiger partial charge >= 0.3 is 0 Å². The molecule has 0 amide bonds. The normalized spacial score (nSPS) is 11.7. The van der Waals surface area contributed by atoms with Crippen LogP contribution < -0.4 is 5.73 Å². The Kier molecular flexibility index (Phi) is 3.45. The second-order valence-electron chi connectivity index (χ2n) is 3.95. The third-order valence-corrected chi connectivity index (χ3v) is 4.07. The zero-order valence-electron chi connectivity index (χ0n) is 9.67. The molecule has 0 aliphatic heterocycles. The van der Waals surface area contributed by atoms with Gasteiger partial charge in [0.05, 0.1) is 12.7 Å². The van der Waals surface area contributed by atoms with Gasteiger partial charge in [0.15, 0.2) is 9.84 Å². The molecule has 2 aromatic rings. The fourth-order valence-electron chi connectivity index (χ4n) is 1.60. The Hall–Kier alpha value is -1.34. The number of halogens is 1. The minimum atomic E-state index is -3.33. The zero-order chi connectivity index (χ0) is 13.3. The number of hydrogen-bond donors (Lipinski definition) is 1. The molecule has 0 saturated heterocycles. The molecule has 18 heavy (non-hydrogen) atoms. The van der Waals surface area contributed by atoms with Gasteiger partial charge in [-0.15, -0.1) is 0 Å². The molecule has 0 aliphatic rings. The highest BCUT2D eigenvalue weighted by atomic mass is 79.9. The number of aromatic nitrogens is 2. The molecule has 0 bridgehead atoms. The Bertz CT molecular complexity index is 679. The van der Waals surface area contributed by atoms with Gasteiger partial charge in [0, 0.05) is 10.7 Å². The summed E-state index contributed by atoms with van der Waals surface area (Å²) >= 11 is 3.37. The van der Waals surface area contributed by atoms with E-state index in [2.05, 4.69) is 21.0 Å². The Labute approximate surface area is 114 Å². The Morgan fingerprint density at radius 3 is 2.72 bits per heavy atom. The van der Waals surface area contributed by atoms with Crippen molar-refractivity contribution in [3.05, 3.63) is 40.5 Å². The number of anilines is 1. The molecule has 1 aromatic heterocycles. The van der Waals surface area contributed by atoms with E-state index in [0.717, 1.165) is 16.3 Å². The highest BCUT2D eigenvalue weighted by Crippen LogP contribution is 2.19. The fourth-order valence-corrected chi connectivity index (χ4v) is 2.77. The van der Waals surface area contributed by atoms with Gasteiger partial charge in [-0.1, -0.05) is 28.1 Å². The topological polar surface area (TPSA) is 78.0 Å². The summed E-state index contributed by atoms with van der Waals surface area (Å²) in [6, 6.07) is 7.67. The highest BCUT2D eigenvalue weighted by Gasteiger charge is 2.16. The van der Waals surface area contributed by atoms with Crippen LogP contribution in [-0.4, -0.2) is 24.5 Å². The number of sulfone groups is 1. The van der Waals surface area contributed by atoms with Gasteiger partial charge in [-0.3, -0.25) is 0 Å².